The van der Waals surface area contributed by atoms with Crippen molar-refractivity contribution in [2.75, 3.05) is 10.6 Å². The van der Waals surface area contributed by atoms with Crippen molar-refractivity contribution in [3.63, 3.8) is 0 Å². The minimum Gasteiger partial charge on any atom is -0.325 e. The maximum absolute atomic E-state index is 13.6. The van der Waals surface area contributed by atoms with E-state index in [-0.39, 0.29) is 17.3 Å². The normalized spacial score (nSPS) is 11.9. The fourth-order valence-electron chi connectivity index (χ4n) is 4.53. The van der Waals surface area contributed by atoms with Crippen LogP contribution in [0.15, 0.2) is 108 Å². The number of aryl methyl sites for hydroxylation is 1. The molecule has 0 aliphatic carbocycles. The molecule has 0 saturated carbocycles. The number of rotatable bonds is 12. The molecule has 0 bridgehead atoms. The van der Waals surface area contributed by atoms with Crippen LogP contribution in [-0.4, -0.2) is 27.9 Å². The van der Waals surface area contributed by atoms with Crippen molar-refractivity contribution in [3.05, 3.63) is 135 Å². The molecule has 10 heteroatoms. The average Bonchev–Trinajstić information content (AvgIpc) is 3.04. The zero-order chi connectivity index (χ0) is 33.2. The van der Waals surface area contributed by atoms with Crippen LogP contribution in [0.5, 0.6) is 0 Å². The molecule has 1 atom stereocenters. The second-order valence-electron chi connectivity index (χ2n) is 10.9. The van der Waals surface area contributed by atoms with Crippen LogP contribution < -0.4 is 16.0 Å². The van der Waals surface area contributed by atoms with Crippen molar-refractivity contribution in [2.24, 2.45) is 0 Å². The predicted molar refractivity (Wildman–Crippen MR) is 184 cm³/mol. The number of non-ortho nitro benzene ring substituents is 1. The van der Waals surface area contributed by atoms with Gasteiger partial charge in [0.15, 0.2) is 0 Å². The highest BCUT2D eigenvalue weighted by Gasteiger charge is 2.21. The lowest BCUT2D eigenvalue weighted by Crippen LogP contribution is -2.30. The number of anilines is 2. The van der Waals surface area contributed by atoms with Gasteiger partial charge in [-0.2, -0.15) is 0 Å². The summed E-state index contributed by atoms with van der Waals surface area (Å²) in [6.45, 7) is 7.80. The second kappa shape index (κ2) is 15.7. The molecule has 0 fully saturated rings. The van der Waals surface area contributed by atoms with E-state index in [0.717, 1.165) is 16.0 Å². The molecule has 0 heterocycles. The molecule has 4 rings (SSSR count). The molecular formula is C36H36N4O5S. The molecular weight excluding hydrogens is 600 g/mol. The molecule has 3 N–H and O–H groups in total. The first-order chi connectivity index (χ1) is 22.0. The lowest BCUT2D eigenvalue weighted by Gasteiger charge is -2.17. The third-order valence-corrected chi connectivity index (χ3v) is 8.51. The number of carbonyl (C=O) groups excluding carboxylic acids is 3. The number of nitro groups is 1. The molecule has 4 aromatic carbocycles. The summed E-state index contributed by atoms with van der Waals surface area (Å²) in [6.07, 6.45) is 2.16. The van der Waals surface area contributed by atoms with E-state index in [1.165, 1.54) is 30.0 Å². The maximum Gasteiger partial charge on any atom is 0.272 e. The molecule has 0 radical (unpaired) electrons. The number of nitro benzene ring substituents is 1. The van der Waals surface area contributed by atoms with Gasteiger partial charge in [0.25, 0.3) is 17.5 Å². The van der Waals surface area contributed by atoms with Gasteiger partial charge in [-0.15, -0.1) is 11.8 Å². The van der Waals surface area contributed by atoms with Gasteiger partial charge < -0.3 is 16.0 Å². The highest BCUT2D eigenvalue weighted by atomic mass is 32.2. The summed E-state index contributed by atoms with van der Waals surface area (Å²) in [4.78, 5) is 51.0. The van der Waals surface area contributed by atoms with Gasteiger partial charge in [0.05, 0.1) is 10.2 Å². The van der Waals surface area contributed by atoms with E-state index in [1.807, 2.05) is 43.3 Å². The largest absolute Gasteiger partial charge is 0.325 e. The standard InChI is InChI=1S/C36H36N4O5S/c1-5-33(36(43)38-31-19-18-29(40(44)45)20-24(31)4)46-30-13-9-12-28(22-30)37-35(42)32(39-34(41)27-10-7-6-8-11-27)21-25-14-16-26(17-15-25)23(2)3/h6-23,33H,5H2,1-4H3,(H,37,42)(H,38,43)(H,39,41)/b32-21+. The Bertz CT molecular complexity index is 1750. The third kappa shape index (κ3) is 9.15. The Balaban J connectivity index is 1.50. The van der Waals surface area contributed by atoms with Gasteiger partial charge in [-0.1, -0.05) is 69.3 Å². The molecule has 46 heavy (non-hydrogen) atoms. The van der Waals surface area contributed by atoms with Gasteiger partial charge in [0.2, 0.25) is 5.91 Å². The van der Waals surface area contributed by atoms with Crippen LogP contribution in [0.1, 0.15) is 60.2 Å². The quantitative estimate of drug-likeness (QED) is 0.0626. The van der Waals surface area contributed by atoms with E-state index in [1.54, 1.807) is 55.5 Å². The summed E-state index contributed by atoms with van der Waals surface area (Å²) in [5.41, 5.74) is 3.96. The van der Waals surface area contributed by atoms with Crippen molar-refractivity contribution in [3.8, 4) is 0 Å². The van der Waals surface area contributed by atoms with Crippen molar-refractivity contribution < 1.29 is 19.3 Å². The first-order valence-electron chi connectivity index (χ1n) is 14.9. The van der Waals surface area contributed by atoms with Gasteiger partial charge in [0, 0.05) is 34.0 Å². The number of carbonyl (C=O) groups is 3. The van der Waals surface area contributed by atoms with Crippen molar-refractivity contribution in [1.82, 2.24) is 5.32 Å². The number of benzene rings is 4. The minimum absolute atomic E-state index is 0.0440. The fraction of sp³-hybridized carbons (Fsp3) is 0.194. The Hall–Kier alpha value is -5.22. The van der Waals surface area contributed by atoms with E-state index < -0.39 is 22.0 Å². The number of nitrogens with zero attached hydrogens (tertiary/aromatic N) is 1. The predicted octanol–water partition coefficient (Wildman–Crippen LogP) is 7.95. The Kier molecular flexibility index (Phi) is 11.5. The topological polar surface area (TPSA) is 130 Å². The smallest absolute Gasteiger partial charge is 0.272 e. The summed E-state index contributed by atoms with van der Waals surface area (Å²) in [6, 6.07) is 27.9. The van der Waals surface area contributed by atoms with E-state index >= 15 is 0 Å². The number of hydrogen-bond donors (Lipinski definition) is 3. The van der Waals surface area contributed by atoms with Gasteiger partial charge in [-0.05, 0) is 78.4 Å². The molecule has 236 valence electrons. The summed E-state index contributed by atoms with van der Waals surface area (Å²) in [5.74, 6) is -0.798. The first-order valence-corrected chi connectivity index (χ1v) is 15.7. The Labute approximate surface area is 272 Å². The van der Waals surface area contributed by atoms with E-state index in [0.29, 0.717) is 34.8 Å². The lowest BCUT2D eigenvalue weighted by molar-refractivity contribution is -0.384. The molecule has 9 nitrogen and oxygen atoms in total. The van der Waals surface area contributed by atoms with Crippen LogP contribution >= 0.6 is 11.8 Å². The zero-order valence-electron chi connectivity index (χ0n) is 26.1. The molecule has 1 unspecified atom stereocenters. The monoisotopic (exact) mass is 636 g/mol. The number of nitrogens with one attached hydrogen (secondary N) is 3. The highest BCUT2D eigenvalue weighted by molar-refractivity contribution is 8.00. The molecule has 0 aliphatic heterocycles. The van der Waals surface area contributed by atoms with Crippen molar-refractivity contribution >= 4 is 52.6 Å². The first kappa shape index (κ1) is 33.7. The molecule has 3 amide bonds. The highest BCUT2D eigenvalue weighted by Crippen LogP contribution is 2.30. The molecule has 0 spiro atoms. The van der Waals surface area contributed by atoms with E-state index in [4.69, 9.17) is 0 Å². The SMILES string of the molecule is CCC(Sc1cccc(NC(=O)/C(=C\c2ccc(C(C)C)cc2)NC(=O)c2ccccc2)c1)C(=O)Nc1ccc([N+](=O)[O-])cc1C. The van der Waals surface area contributed by atoms with E-state index in [9.17, 15) is 24.5 Å². The zero-order valence-corrected chi connectivity index (χ0v) is 26.9. The van der Waals surface area contributed by atoms with Crippen molar-refractivity contribution in [2.45, 2.75) is 50.2 Å². The molecule has 0 aliphatic rings. The summed E-state index contributed by atoms with van der Waals surface area (Å²) >= 11 is 1.34. The van der Waals surface area contributed by atoms with Crippen LogP contribution in [-0.2, 0) is 9.59 Å². The molecule has 0 aromatic heterocycles. The van der Waals surface area contributed by atoms with E-state index in [2.05, 4.69) is 29.8 Å². The van der Waals surface area contributed by atoms with Crippen LogP contribution in [0.25, 0.3) is 6.08 Å². The minimum atomic E-state index is -0.502. The molecule has 4 aromatic rings. The summed E-state index contributed by atoms with van der Waals surface area (Å²) in [5, 5.41) is 19.1. The van der Waals surface area contributed by atoms with Gasteiger partial charge in [-0.3, -0.25) is 24.5 Å². The third-order valence-electron chi connectivity index (χ3n) is 7.16. The van der Waals surface area contributed by atoms with Crippen LogP contribution in [0.4, 0.5) is 17.1 Å². The fourth-order valence-corrected chi connectivity index (χ4v) is 5.55. The summed E-state index contributed by atoms with van der Waals surface area (Å²) < 4.78 is 0. The van der Waals surface area contributed by atoms with Gasteiger partial charge in [0.1, 0.15) is 5.70 Å². The number of hydrogen-bond acceptors (Lipinski definition) is 6. The van der Waals surface area contributed by atoms with Gasteiger partial charge in [-0.25, -0.2) is 0 Å². The Morgan fingerprint density at radius 2 is 1.61 bits per heavy atom. The lowest BCUT2D eigenvalue weighted by atomic mass is 10.0. The Morgan fingerprint density at radius 1 is 0.891 bits per heavy atom. The summed E-state index contributed by atoms with van der Waals surface area (Å²) in [7, 11) is 0. The van der Waals surface area contributed by atoms with Crippen LogP contribution in [0.2, 0.25) is 0 Å². The number of amides is 3. The maximum atomic E-state index is 13.6. The molecule has 0 saturated heterocycles. The Morgan fingerprint density at radius 3 is 2.24 bits per heavy atom. The average molecular weight is 637 g/mol. The second-order valence-corrected chi connectivity index (χ2v) is 12.2. The van der Waals surface area contributed by atoms with Crippen molar-refractivity contribution in [1.29, 1.82) is 0 Å². The van der Waals surface area contributed by atoms with Crippen LogP contribution in [0, 0.1) is 17.0 Å². The van der Waals surface area contributed by atoms with Crippen LogP contribution in [0.3, 0.4) is 0 Å². The van der Waals surface area contributed by atoms with Gasteiger partial charge >= 0.3 is 0 Å². The number of thioether (sulfide) groups is 1.